The minimum absolute atomic E-state index is 0.0992. The van der Waals surface area contributed by atoms with Crippen molar-refractivity contribution >= 4 is 23.3 Å². The van der Waals surface area contributed by atoms with E-state index in [1.165, 1.54) is 17.8 Å². The third-order valence-corrected chi connectivity index (χ3v) is 4.38. The Labute approximate surface area is 162 Å². The van der Waals surface area contributed by atoms with Crippen LogP contribution in [0.15, 0.2) is 66.4 Å². The molecule has 1 aromatic rings. The predicted octanol–water partition coefficient (Wildman–Crippen LogP) is 3.87. The van der Waals surface area contributed by atoms with Crippen molar-refractivity contribution in [1.29, 1.82) is 0 Å². The summed E-state index contributed by atoms with van der Waals surface area (Å²) in [5, 5.41) is 0. The van der Waals surface area contributed by atoms with Gasteiger partial charge in [-0.05, 0) is 48.3 Å². The normalized spacial score (nSPS) is 16.6. The first-order chi connectivity index (χ1) is 12.8. The van der Waals surface area contributed by atoms with E-state index < -0.39 is 0 Å². The molecule has 27 heavy (non-hydrogen) atoms. The van der Waals surface area contributed by atoms with Gasteiger partial charge in [-0.2, -0.15) is 0 Å². The molecule has 0 aromatic heterocycles. The number of likely N-dealkylation sites (N-methyl/N-ethyl adjacent to an activating group) is 1. The Balaban J connectivity index is 1.81. The predicted molar refractivity (Wildman–Crippen MR) is 113 cm³/mol. The van der Waals surface area contributed by atoms with Crippen LogP contribution in [0, 0.1) is 5.92 Å². The molecule has 2 rings (SSSR count). The molecule has 4 heteroatoms. The molecule has 1 aliphatic rings. The van der Waals surface area contributed by atoms with Crippen LogP contribution >= 0.6 is 0 Å². The number of carbonyl (C=O) groups excluding carboxylic acids is 2. The molecule has 0 saturated carbocycles. The number of anilines is 1. The minimum Gasteiger partial charge on any atom is -0.378 e. The van der Waals surface area contributed by atoms with Crippen LogP contribution < -0.4 is 4.90 Å². The lowest BCUT2D eigenvalue weighted by Crippen LogP contribution is -2.12. The van der Waals surface area contributed by atoms with E-state index in [0.29, 0.717) is 0 Å². The van der Waals surface area contributed by atoms with Gasteiger partial charge in [0.1, 0.15) is 0 Å². The molecular weight excluding hydrogens is 336 g/mol. The van der Waals surface area contributed by atoms with Crippen LogP contribution in [-0.2, 0) is 9.59 Å². The number of rotatable bonds is 8. The number of carbonyl (C=O) groups is 2. The third-order valence-electron chi connectivity index (χ3n) is 4.38. The first kappa shape index (κ1) is 20.4. The highest BCUT2D eigenvalue weighted by molar-refractivity contribution is 6.09. The van der Waals surface area contributed by atoms with Crippen LogP contribution in [0.5, 0.6) is 0 Å². The molecule has 0 bridgehead atoms. The fraction of sp³-hybridized carbons (Fsp3) is 0.304. The summed E-state index contributed by atoms with van der Waals surface area (Å²) in [6.07, 6.45) is 13.7. The van der Waals surface area contributed by atoms with Gasteiger partial charge in [0.25, 0.3) is 0 Å². The van der Waals surface area contributed by atoms with E-state index in [1.54, 1.807) is 6.08 Å². The monoisotopic (exact) mass is 364 g/mol. The van der Waals surface area contributed by atoms with Gasteiger partial charge in [0.15, 0.2) is 11.6 Å². The van der Waals surface area contributed by atoms with E-state index in [1.807, 2.05) is 63.4 Å². The standard InChI is InChI=1S/C23H28N2O2/c1-24(2)20-11-5-18(6-12-20)9-15-22(26)17-23(27)16-10-19-7-13-21(14-8-19)25(3)4/h5-7,9-16,19H,8,17H2,1-4H3/b15-9+,16-10+. The summed E-state index contributed by atoms with van der Waals surface area (Å²) in [7, 11) is 7.97. The minimum atomic E-state index is -0.185. The number of nitrogens with zero attached hydrogens (tertiary/aromatic N) is 2. The summed E-state index contributed by atoms with van der Waals surface area (Å²) in [4.78, 5) is 28.1. The van der Waals surface area contributed by atoms with Gasteiger partial charge < -0.3 is 9.80 Å². The number of allylic oxidation sites excluding steroid dienone is 6. The molecule has 0 amide bonds. The van der Waals surface area contributed by atoms with Crippen LogP contribution in [0.3, 0.4) is 0 Å². The van der Waals surface area contributed by atoms with Crippen LogP contribution in [0.4, 0.5) is 5.69 Å². The summed E-state index contributed by atoms with van der Waals surface area (Å²) < 4.78 is 0. The molecule has 142 valence electrons. The molecule has 1 aromatic carbocycles. The molecule has 0 aliphatic heterocycles. The van der Waals surface area contributed by atoms with Crippen LogP contribution in [0.2, 0.25) is 0 Å². The molecule has 0 saturated heterocycles. The number of hydrogen-bond acceptors (Lipinski definition) is 4. The summed E-state index contributed by atoms with van der Waals surface area (Å²) in [6.45, 7) is 0. The van der Waals surface area contributed by atoms with Crippen LogP contribution in [-0.4, -0.2) is 44.7 Å². The van der Waals surface area contributed by atoms with Gasteiger partial charge in [-0.25, -0.2) is 0 Å². The Kier molecular flexibility index (Phi) is 7.35. The SMILES string of the molecule is CN(C)C1=CCC(/C=C/C(=O)CC(=O)/C=C/c2ccc(N(C)C)cc2)C=C1. The molecule has 0 fully saturated rings. The lowest BCUT2D eigenvalue weighted by molar-refractivity contribution is -0.121. The lowest BCUT2D eigenvalue weighted by Gasteiger charge is -2.19. The Morgan fingerprint density at radius 2 is 1.67 bits per heavy atom. The van der Waals surface area contributed by atoms with Crippen LogP contribution in [0.25, 0.3) is 6.08 Å². The van der Waals surface area contributed by atoms with Gasteiger partial charge >= 0.3 is 0 Å². The number of ketones is 2. The van der Waals surface area contributed by atoms with Gasteiger partial charge in [-0.3, -0.25) is 9.59 Å². The van der Waals surface area contributed by atoms with Gasteiger partial charge in [0.05, 0.1) is 6.42 Å². The summed E-state index contributed by atoms with van der Waals surface area (Å²) in [5.74, 6) is -0.141. The highest BCUT2D eigenvalue weighted by Gasteiger charge is 2.08. The zero-order valence-electron chi connectivity index (χ0n) is 16.6. The van der Waals surface area contributed by atoms with E-state index in [4.69, 9.17) is 0 Å². The second-order valence-electron chi connectivity index (χ2n) is 7.07. The molecule has 4 nitrogen and oxygen atoms in total. The van der Waals surface area contributed by atoms with Gasteiger partial charge in [0, 0.05) is 39.6 Å². The first-order valence-corrected chi connectivity index (χ1v) is 9.10. The average Bonchev–Trinajstić information content (AvgIpc) is 2.65. The Hall–Kier alpha value is -2.88. The van der Waals surface area contributed by atoms with E-state index >= 15 is 0 Å². The molecule has 0 N–H and O–H groups in total. The summed E-state index contributed by atoms with van der Waals surface area (Å²) in [5.41, 5.74) is 3.21. The number of benzene rings is 1. The number of hydrogen-bond donors (Lipinski definition) is 0. The second-order valence-corrected chi connectivity index (χ2v) is 7.07. The average molecular weight is 364 g/mol. The topological polar surface area (TPSA) is 40.6 Å². The maximum absolute atomic E-state index is 12.0. The van der Waals surface area contributed by atoms with Crippen molar-refractivity contribution in [1.82, 2.24) is 4.90 Å². The van der Waals surface area contributed by atoms with Gasteiger partial charge in [-0.15, -0.1) is 0 Å². The lowest BCUT2D eigenvalue weighted by atomic mass is 9.98. The van der Waals surface area contributed by atoms with Gasteiger partial charge in [0.2, 0.25) is 0 Å². The largest absolute Gasteiger partial charge is 0.378 e. The van der Waals surface area contributed by atoms with Crippen molar-refractivity contribution in [3.63, 3.8) is 0 Å². The first-order valence-electron chi connectivity index (χ1n) is 9.10. The molecule has 1 unspecified atom stereocenters. The van der Waals surface area contributed by atoms with Crippen molar-refractivity contribution in [2.45, 2.75) is 12.8 Å². The fourth-order valence-electron chi connectivity index (χ4n) is 2.69. The van der Waals surface area contributed by atoms with Crippen molar-refractivity contribution < 1.29 is 9.59 Å². The molecular formula is C23H28N2O2. The third kappa shape index (κ3) is 6.74. The quantitative estimate of drug-likeness (QED) is 0.519. The summed E-state index contributed by atoms with van der Waals surface area (Å²) >= 11 is 0. The van der Waals surface area contributed by atoms with E-state index in [2.05, 4.69) is 23.1 Å². The van der Waals surface area contributed by atoms with E-state index in [-0.39, 0.29) is 23.9 Å². The van der Waals surface area contributed by atoms with E-state index in [9.17, 15) is 9.59 Å². The van der Waals surface area contributed by atoms with E-state index in [0.717, 1.165) is 17.7 Å². The second kappa shape index (κ2) is 9.72. The Bertz CT molecular complexity index is 781. The van der Waals surface area contributed by atoms with Crippen molar-refractivity contribution in [2.75, 3.05) is 33.1 Å². The molecule has 0 heterocycles. The highest BCUT2D eigenvalue weighted by Crippen LogP contribution is 2.18. The van der Waals surface area contributed by atoms with Crippen LogP contribution in [0.1, 0.15) is 18.4 Å². The zero-order valence-corrected chi connectivity index (χ0v) is 16.6. The van der Waals surface area contributed by atoms with Gasteiger partial charge in [-0.1, -0.05) is 36.4 Å². The van der Waals surface area contributed by atoms with Crippen molar-refractivity contribution in [3.05, 3.63) is 72.0 Å². The molecule has 1 aliphatic carbocycles. The summed E-state index contributed by atoms with van der Waals surface area (Å²) in [6, 6.07) is 7.88. The smallest absolute Gasteiger partial charge is 0.163 e. The Morgan fingerprint density at radius 1 is 1.00 bits per heavy atom. The van der Waals surface area contributed by atoms with Crippen molar-refractivity contribution in [3.8, 4) is 0 Å². The molecule has 0 radical (unpaired) electrons. The van der Waals surface area contributed by atoms with Crippen molar-refractivity contribution in [2.24, 2.45) is 5.92 Å². The molecule has 0 spiro atoms. The Morgan fingerprint density at radius 3 is 2.22 bits per heavy atom. The fourth-order valence-corrected chi connectivity index (χ4v) is 2.69. The maximum Gasteiger partial charge on any atom is 0.163 e. The maximum atomic E-state index is 12.0. The molecule has 1 atom stereocenters. The highest BCUT2D eigenvalue weighted by atomic mass is 16.1. The zero-order chi connectivity index (χ0) is 19.8.